The molecule has 0 unspecified atom stereocenters. The number of nitrogens with zero attached hydrogens (tertiary/aromatic N) is 1. The lowest BCUT2D eigenvalue weighted by molar-refractivity contribution is -0.147. The molecule has 0 saturated carbocycles. The second-order valence-electron chi connectivity index (χ2n) is 5.36. The summed E-state index contributed by atoms with van der Waals surface area (Å²) in [4.78, 5) is 25.2. The second-order valence-corrected chi connectivity index (χ2v) is 5.36. The second kappa shape index (κ2) is 5.71. The van der Waals surface area contributed by atoms with E-state index in [4.69, 9.17) is 9.47 Å². The zero-order valence-corrected chi connectivity index (χ0v) is 12.2. The number of rotatable bonds is 3. The Morgan fingerprint density at radius 3 is 2.95 bits per heavy atom. The lowest BCUT2D eigenvalue weighted by Gasteiger charge is -2.25. The summed E-state index contributed by atoms with van der Waals surface area (Å²) in [5.41, 5.74) is 1.27. The van der Waals surface area contributed by atoms with Gasteiger partial charge in [0.25, 0.3) is 5.91 Å². The molecule has 2 aliphatic rings. The SMILES string of the molecule is COc1ccc2c(c1)OCC(C(=O)N1CCC[C@@H]1C(=O)O)=C2. The summed E-state index contributed by atoms with van der Waals surface area (Å²) in [6.07, 6.45) is 2.98. The van der Waals surface area contributed by atoms with Crippen molar-refractivity contribution in [2.75, 3.05) is 20.3 Å². The number of carboxylic acid groups (broad SMARTS) is 1. The van der Waals surface area contributed by atoms with Crippen LogP contribution in [-0.2, 0) is 9.59 Å². The van der Waals surface area contributed by atoms with E-state index in [-0.39, 0.29) is 12.5 Å². The minimum atomic E-state index is -0.951. The van der Waals surface area contributed by atoms with E-state index in [1.165, 1.54) is 4.90 Å². The lowest BCUT2D eigenvalue weighted by Crippen LogP contribution is -2.42. The van der Waals surface area contributed by atoms with Crippen molar-refractivity contribution in [2.45, 2.75) is 18.9 Å². The molecule has 0 aliphatic carbocycles. The highest BCUT2D eigenvalue weighted by molar-refractivity contribution is 6.01. The number of methoxy groups -OCH3 is 1. The smallest absolute Gasteiger partial charge is 0.326 e. The van der Waals surface area contributed by atoms with Gasteiger partial charge in [-0.3, -0.25) is 4.79 Å². The molecule has 0 spiro atoms. The number of amides is 1. The first kappa shape index (κ1) is 14.4. The molecule has 6 nitrogen and oxygen atoms in total. The van der Waals surface area contributed by atoms with Crippen LogP contribution in [0.1, 0.15) is 18.4 Å². The molecule has 1 amide bonds. The van der Waals surface area contributed by atoms with Crippen molar-refractivity contribution >= 4 is 18.0 Å². The molecule has 2 heterocycles. The lowest BCUT2D eigenvalue weighted by atomic mass is 10.1. The van der Waals surface area contributed by atoms with Crippen LogP contribution < -0.4 is 9.47 Å². The average Bonchev–Trinajstić information content (AvgIpc) is 3.03. The van der Waals surface area contributed by atoms with Crippen molar-refractivity contribution in [3.05, 3.63) is 29.3 Å². The minimum Gasteiger partial charge on any atom is -0.497 e. The first-order valence-corrected chi connectivity index (χ1v) is 7.15. The van der Waals surface area contributed by atoms with E-state index in [1.54, 1.807) is 25.3 Å². The van der Waals surface area contributed by atoms with Crippen molar-refractivity contribution < 1.29 is 24.2 Å². The molecule has 0 bridgehead atoms. The molecule has 3 rings (SSSR count). The number of aliphatic carboxylic acids is 1. The number of carboxylic acids is 1. The first-order chi connectivity index (χ1) is 10.6. The quantitative estimate of drug-likeness (QED) is 0.917. The van der Waals surface area contributed by atoms with Gasteiger partial charge in [0.15, 0.2) is 0 Å². The van der Waals surface area contributed by atoms with Crippen molar-refractivity contribution in [3.8, 4) is 11.5 Å². The number of fused-ring (bicyclic) bond motifs is 1. The predicted molar refractivity (Wildman–Crippen MR) is 78.8 cm³/mol. The standard InChI is InChI=1S/C16H17NO5/c1-21-12-5-4-10-7-11(9-22-14(10)8-12)15(18)17-6-2-3-13(17)16(19)20/h4-5,7-8,13H,2-3,6,9H2,1H3,(H,19,20)/t13-/m1/s1. The summed E-state index contributed by atoms with van der Waals surface area (Å²) in [5, 5.41) is 9.19. The van der Waals surface area contributed by atoms with E-state index in [0.29, 0.717) is 36.5 Å². The Balaban J connectivity index is 1.84. The monoisotopic (exact) mass is 303 g/mol. The van der Waals surface area contributed by atoms with Gasteiger partial charge in [0.05, 0.1) is 12.7 Å². The largest absolute Gasteiger partial charge is 0.497 e. The number of ether oxygens (including phenoxy) is 2. The maximum Gasteiger partial charge on any atom is 0.326 e. The molecule has 1 fully saturated rings. The topological polar surface area (TPSA) is 76.1 Å². The van der Waals surface area contributed by atoms with Crippen LogP contribution in [0, 0.1) is 0 Å². The van der Waals surface area contributed by atoms with Crippen molar-refractivity contribution in [2.24, 2.45) is 0 Å². The van der Waals surface area contributed by atoms with E-state index >= 15 is 0 Å². The molecule has 1 aromatic carbocycles. The van der Waals surface area contributed by atoms with Crippen molar-refractivity contribution in [3.63, 3.8) is 0 Å². The number of hydrogen-bond acceptors (Lipinski definition) is 4. The van der Waals surface area contributed by atoms with Gasteiger partial charge in [-0.1, -0.05) is 0 Å². The first-order valence-electron chi connectivity index (χ1n) is 7.15. The number of benzene rings is 1. The van der Waals surface area contributed by atoms with Gasteiger partial charge in [0, 0.05) is 18.2 Å². The Morgan fingerprint density at radius 1 is 1.41 bits per heavy atom. The maximum atomic E-state index is 12.5. The summed E-state index contributed by atoms with van der Waals surface area (Å²) >= 11 is 0. The molecule has 0 aromatic heterocycles. The molecule has 116 valence electrons. The molecule has 6 heteroatoms. The van der Waals surface area contributed by atoms with Gasteiger partial charge in [-0.2, -0.15) is 0 Å². The molecule has 1 aromatic rings. The van der Waals surface area contributed by atoms with Crippen LogP contribution in [0.2, 0.25) is 0 Å². The van der Waals surface area contributed by atoms with Gasteiger partial charge in [-0.15, -0.1) is 0 Å². The number of hydrogen-bond donors (Lipinski definition) is 1. The zero-order chi connectivity index (χ0) is 15.7. The highest BCUT2D eigenvalue weighted by Gasteiger charge is 2.35. The van der Waals surface area contributed by atoms with Crippen LogP contribution in [0.3, 0.4) is 0 Å². The van der Waals surface area contributed by atoms with E-state index in [0.717, 1.165) is 5.56 Å². The van der Waals surface area contributed by atoms with Crippen LogP contribution >= 0.6 is 0 Å². The Morgan fingerprint density at radius 2 is 2.23 bits per heavy atom. The minimum absolute atomic E-state index is 0.141. The van der Waals surface area contributed by atoms with E-state index in [9.17, 15) is 14.7 Å². The maximum absolute atomic E-state index is 12.5. The van der Waals surface area contributed by atoms with E-state index in [2.05, 4.69) is 0 Å². The third kappa shape index (κ3) is 2.52. The summed E-state index contributed by atoms with van der Waals surface area (Å²) in [7, 11) is 1.58. The van der Waals surface area contributed by atoms with Gasteiger partial charge in [0.1, 0.15) is 24.1 Å². The molecule has 1 N–H and O–H groups in total. The van der Waals surface area contributed by atoms with Crippen molar-refractivity contribution in [1.29, 1.82) is 0 Å². The van der Waals surface area contributed by atoms with E-state index in [1.807, 2.05) is 6.07 Å². The average molecular weight is 303 g/mol. The Hall–Kier alpha value is -2.50. The fraction of sp³-hybridized carbons (Fsp3) is 0.375. The van der Waals surface area contributed by atoms with Crippen molar-refractivity contribution in [1.82, 2.24) is 4.90 Å². The molecular weight excluding hydrogens is 286 g/mol. The molecule has 0 radical (unpaired) electrons. The Kier molecular flexibility index (Phi) is 3.75. The van der Waals surface area contributed by atoms with Crippen LogP contribution in [0.4, 0.5) is 0 Å². The highest BCUT2D eigenvalue weighted by atomic mass is 16.5. The molecule has 1 atom stereocenters. The molecule has 22 heavy (non-hydrogen) atoms. The Labute approximate surface area is 127 Å². The fourth-order valence-electron chi connectivity index (χ4n) is 2.85. The van der Waals surface area contributed by atoms with Crippen LogP contribution in [0.5, 0.6) is 11.5 Å². The number of carbonyl (C=O) groups excluding carboxylic acids is 1. The van der Waals surface area contributed by atoms with Gasteiger partial charge >= 0.3 is 5.97 Å². The van der Waals surface area contributed by atoms with Crippen LogP contribution in [0.25, 0.3) is 6.08 Å². The van der Waals surface area contributed by atoms with Gasteiger partial charge < -0.3 is 19.5 Å². The zero-order valence-electron chi connectivity index (χ0n) is 12.2. The summed E-state index contributed by atoms with van der Waals surface area (Å²) in [6, 6.07) is 4.65. The van der Waals surface area contributed by atoms with E-state index < -0.39 is 12.0 Å². The molecular formula is C16H17NO5. The van der Waals surface area contributed by atoms with Gasteiger partial charge in [-0.25, -0.2) is 4.79 Å². The molecule has 1 saturated heterocycles. The number of likely N-dealkylation sites (tertiary alicyclic amines) is 1. The van der Waals surface area contributed by atoms with Gasteiger partial charge in [-0.05, 0) is 31.1 Å². The third-order valence-corrected chi connectivity index (χ3v) is 4.01. The molecule has 2 aliphatic heterocycles. The highest BCUT2D eigenvalue weighted by Crippen LogP contribution is 2.31. The van der Waals surface area contributed by atoms with Crippen LogP contribution in [-0.4, -0.2) is 48.2 Å². The predicted octanol–water partition coefficient (Wildman–Crippen LogP) is 1.55. The number of carbonyl (C=O) groups is 2. The summed E-state index contributed by atoms with van der Waals surface area (Å²) in [5.74, 6) is 0.138. The normalized spacial score (nSPS) is 20.0. The van der Waals surface area contributed by atoms with Crippen LogP contribution in [0.15, 0.2) is 23.8 Å². The fourth-order valence-corrected chi connectivity index (χ4v) is 2.85. The van der Waals surface area contributed by atoms with Gasteiger partial charge in [0.2, 0.25) is 0 Å². The summed E-state index contributed by atoms with van der Waals surface area (Å²) in [6.45, 7) is 0.616. The third-order valence-electron chi connectivity index (χ3n) is 4.01. The summed E-state index contributed by atoms with van der Waals surface area (Å²) < 4.78 is 10.7. The Bertz CT molecular complexity index is 652.